The maximum Gasteiger partial charge on any atom is 0.338 e. The molecule has 1 unspecified atom stereocenters. The van der Waals surface area contributed by atoms with E-state index < -0.39 is 12.0 Å². The zero-order chi connectivity index (χ0) is 14.1. The van der Waals surface area contributed by atoms with Crippen LogP contribution in [-0.2, 0) is 9.53 Å². The minimum absolute atomic E-state index is 0.419. The minimum atomic E-state index is -0.434. The van der Waals surface area contributed by atoms with Gasteiger partial charge in [-0.05, 0) is 35.0 Å². The van der Waals surface area contributed by atoms with Crippen molar-refractivity contribution < 1.29 is 9.53 Å². The number of carbonyl (C=O) groups excluding carboxylic acids is 1. The first-order chi connectivity index (χ1) is 9.72. The fraction of sp³-hybridized carbons (Fsp3) is 0.250. The molecule has 1 aliphatic heterocycles. The molecule has 0 spiro atoms. The van der Waals surface area contributed by atoms with Crippen LogP contribution >= 0.6 is 0 Å². The van der Waals surface area contributed by atoms with Crippen molar-refractivity contribution in [1.82, 2.24) is 25.2 Å². The summed E-state index contributed by atoms with van der Waals surface area (Å²) >= 11 is 0. The molecular weight excluding hydrogens is 260 g/mol. The average molecular weight is 272 g/mol. The summed E-state index contributed by atoms with van der Waals surface area (Å²) in [5.74, 6) is 0.0647. The minimum Gasteiger partial charge on any atom is -0.466 e. The van der Waals surface area contributed by atoms with Gasteiger partial charge >= 0.3 is 5.97 Å². The van der Waals surface area contributed by atoms with Crippen LogP contribution in [0.4, 0.5) is 5.95 Å². The van der Waals surface area contributed by atoms with Gasteiger partial charge in [-0.25, -0.2) is 4.79 Å². The Bertz CT molecular complexity index is 678. The van der Waals surface area contributed by atoms with E-state index in [0.29, 0.717) is 17.2 Å². The lowest BCUT2D eigenvalue weighted by Gasteiger charge is -2.26. The van der Waals surface area contributed by atoms with Crippen molar-refractivity contribution in [2.45, 2.75) is 13.0 Å². The van der Waals surface area contributed by atoms with Gasteiger partial charge in [0.15, 0.2) is 0 Å². The van der Waals surface area contributed by atoms with Crippen molar-refractivity contribution in [3.8, 4) is 0 Å². The Morgan fingerprint density at radius 1 is 1.40 bits per heavy atom. The normalized spacial score (nSPS) is 17.4. The Labute approximate surface area is 114 Å². The number of carbonyl (C=O) groups is 1. The topological polar surface area (TPSA) is 94.8 Å². The Morgan fingerprint density at radius 3 is 2.85 bits per heavy atom. The molecule has 0 saturated carbocycles. The molecule has 0 aliphatic carbocycles. The molecule has 0 radical (unpaired) electrons. The van der Waals surface area contributed by atoms with E-state index in [9.17, 15) is 4.79 Å². The number of nitrogens with one attached hydrogen (secondary N) is 1. The van der Waals surface area contributed by atoms with E-state index in [1.807, 2.05) is 12.1 Å². The lowest BCUT2D eigenvalue weighted by atomic mass is 9.97. The van der Waals surface area contributed by atoms with E-state index in [-0.39, 0.29) is 0 Å². The van der Waals surface area contributed by atoms with Crippen LogP contribution in [0.1, 0.15) is 18.5 Å². The summed E-state index contributed by atoms with van der Waals surface area (Å²) in [5.41, 5.74) is 1.99. The van der Waals surface area contributed by atoms with Gasteiger partial charge in [-0.15, -0.1) is 0 Å². The average Bonchev–Trinajstić information content (AvgIpc) is 2.93. The van der Waals surface area contributed by atoms with Gasteiger partial charge < -0.3 is 10.1 Å². The summed E-state index contributed by atoms with van der Waals surface area (Å²) in [6.07, 6.45) is 3.32. The molecule has 8 heteroatoms. The van der Waals surface area contributed by atoms with Gasteiger partial charge in [0, 0.05) is 18.1 Å². The smallest absolute Gasteiger partial charge is 0.338 e. The lowest BCUT2D eigenvalue weighted by Crippen LogP contribution is -2.29. The number of anilines is 1. The summed E-state index contributed by atoms with van der Waals surface area (Å²) in [5, 5.41) is 14.5. The molecule has 2 aromatic rings. The highest BCUT2D eigenvalue weighted by Crippen LogP contribution is 2.34. The Balaban J connectivity index is 2.19. The maximum absolute atomic E-state index is 12.1. The van der Waals surface area contributed by atoms with Gasteiger partial charge in [0.05, 0.1) is 12.7 Å². The van der Waals surface area contributed by atoms with Crippen molar-refractivity contribution in [3.05, 3.63) is 41.4 Å². The standard InChI is InChI=1S/C12H12N6O2/c1-7-9(11(19)20-2)10(8-3-5-13-6-4-8)18-12(14-7)15-16-17-18/h3-6,10H,1-2H3,(H,14,15,17). The first-order valence-corrected chi connectivity index (χ1v) is 5.96. The third kappa shape index (κ3) is 1.81. The molecule has 3 rings (SSSR count). The highest BCUT2D eigenvalue weighted by Gasteiger charge is 2.34. The number of fused-ring (bicyclic) bond motifs is 1. The Hall–Kier alpha value is -2.77. The number of hydrogen-bond donors (Lipinski definition) is 1. The van der Waals surface area contributed by atoms with Crippen molar-refractivity contribution in [2.24, 2.45) is 0 Å². The highest BCUT2D eigenvalue weighted by atomic mass is 16.5. The van der Waals surface area contributed by atoms with Crippen LogP contribution in [-0.4, -0.2) is 38.3 Å². The molecular formula is C12H12N6O2. The number of hydrogen-bond acceptors (Lipinski definition) is 7. The number of ether oxygens (including phenoxy) is 1. The fourth-order valence-electron chi connectivity index (χ4n) is 2.24. The zero-order valence-electron chi connectivity index (χ0n) is 10.9. The predicted molar refractivity (Wildman–Crippen MR) is 68.5 cm³/mol. The summed E-state index contributed by atoms with van der Waals surface area (Å²) in [7, 11) is 1.35. The van der Waals surface area contributed by atoms with Gasteiger partial charge in [0.25, 0.3) is 0 Å². The fourth-order valence-corrected chi connectivity index (χ4v) is 2.24. The number of tetrazole rings is 1. The monoisotopic (exact) mass is 272 g/mol. The summed E-state index contributed by atoms with van der Waals surface area (Å²) in [6.45, 7) is 1.79. The van der Waals surface area contributed by atoms with Crippen LogP contribution in [0.25, 0.3) is 0 Å². The Kier molecular flexibility index (Phi) is 2.90. The molecule has 0 aromatic carbocycles. The molecule has 2 aromatic heterocycles. The van der Waals surface area contributed by atoms with Crippen LogP contribution in [0.5, 0.6) is 0 Å². The number of aromatic nitrogens is 5. The maximum atomic E-state index is 12.1. The van der Waals surface area contributed by atoms with E-state index in [4.69, 9.17) is 4.74 Å². The van der Waals surface area contributed by atoms with Crippen molar-refractivity contribution in [2.75, 3.05) is 12.4 Å². The van der Waals surface area contributed by atoms with Crippen molar-refractivity contribution >= 4 is 11.9 Å². The van der Waals surface area contributed by atoms with E-state index in [1.54, 1.807) is 24.0 Å². The van der Waals surface area contributed by atoms with Gasteiger partial charge in [0.2, 0.25) is 5.95 Å². The quantitative estimate of drug-likeness (QED) is 0.797. The van der Waals surface area contributed by atoms with Crippen molar-refractivity contribution in [3.63, 3.8) is 0 Å². The van der Waals surface area contributed by atoms with Crippen molar-refractivity contribution in [1.29, 1.82) is 0 Å². The summed E-state index contributed by atoms with van der Waals surface area (Å²) < 4.78 is 6.42. The number of pyridine rings is 1. The van der Waals surface area contributed by atoms with E-state index in [1.165, 1.54) is 7.11 Å². The Morgan fingerprint density at radius 2 is 2.15 bits per heavy atom. The number of nitrogens with zero attached hydrogens (tertiary/aromatic N) is 5. The van der Waals surface area contributed by atoms with Crippen LogP contribution in [0.3, 0.4) is 0 Å². The van der Waals surface area contributed by atoms with E-state index >= 15 is 0 Å². The number of esters is 1. The highest BCUT2D eigenvalue weighted by molar-refractivity contribution is 5.92. The van der Waals surface area contributed by atoms with Crippen LogP contribution in [0.15, 0.2) is 35.8 Å². The first-order valence-electron chi connectivity index (χ1n) is 5.96. The summed E-state index contributed by atoms with van der Waals surface area (Å²) in [6, 6.07) is 3.20. The number of rotatable bonds is 2. The van der Waals surface area contributed by atoms with Gasteiger partial charge in [0.1, 0.15) is 6.04 Å². The second-order valence-electron chi connectivity index (χ2n) is 4.29. The lowest BCUT2D eigenvalue weighted by molar-refractivity contribution is -0.136. The summed E-state index contributed by atoms with van der Waals surface area (Å²) in [4.78, 5) is 16.1. The third-order valence-electron chi connectivity index (χ3n) is 3.14. The molecule has 0 bridgehead atoms. The first kappa shape index (κ1) is 12.3. The molecule has 102 valence electrons. The number of methoxy groups -OCH3 is 1. The molecule has 1 aliphatic rings. The molecule has 0 fully saturated rings. The second-order valence-corrected chi connectivity index (χ2v) is 4.29. The van der Waals surface area contributed by atoms with E-state index in [0.717, 1.165) is 5.56 Å². The SMILES string of the molecule is COC(=O)C1=C(C)Nc2nnnn2C1c1ccncc1. The molecule has 0 saturated heterocycles. The molecule has 0 amide bonds. The van der Waals surface area contributed by atoms with Gasteiger partial charge in [-0.3, -0.25) is 4.98 Å². The second kappa shape index (κ2) is 4.72. The molecule has 8 nitrogen and oxygen atoms in total. The molecule has 3 heterocycles. The van der Waals surface area contributed by atoms with Crippen LogP contribution in [0.2, 0.25) is 0 Å². The van der Waals surface area contributed by atoms with Gasteiger partial charge in [-0.2, -0.15) is 4.68 Å². The van der Waals surface area contributed by atoms with Crippen LogP contribution in [0, 0.1) is 0 Å². The largest absolute Gasteiger partial charge is 0.466 e. The number of allylic oxidation sites excluding steroid dienone is 1. The zero-order valence-corrected chi connectivity index (χ0v) is 10.9. The molecule has 20 heavy (non-hydrogen) atoms. The predicted octanol–water partition coefficient (Wildman–Crippen LogP) is 0.530. The van der Waals surface area contributed by atoms with E-state index in [2.05, 4.69) is 25.8 Å². The molecule has 1 atom stereocenters. The third-order valence-corrected chi connectivity index (χ3v) is 3.14. The van der Waals surface area contributed by atoms with Crippen LogP contribution < -0.4 is 5.32 Å². The molecule has 1 N–H and O–H groups in total. The van der Waals surface area contributed by atoms with Gasteiger partial charge in [-0.1, -0.05) is 5.10 Å².